The first-order valence-electron chi connectivity index (χ1n) is 5.90. The molecule has 1 rings (SSSR count). The third kappa shape index (κ3) is 3.28. The molecule has 0 aliphatic carbocycles. The summed E-state index contributed by atoms with van der Waals surface area (Å²) < 4.78 is 5.50. The molecular formula is C12H23NO2. The average Bonchev–Trinajstić information content (AvgIpc) is 2.63. The Kier molecular flexibility index (Phi) is 4.74. The highest BCUT2D eigenvalue weighted by atomic mass is 16.5. The maximum atomic E-state index is 11.8. The van der Waals surface area contributed by atoms with E-state index in [1.807, 2.05) is 14.0 Å². The van der Waals surface area contributed by atoms with E-state index in [1.165, 1.54) is 0 Å². The van der Waals surface area contributed by atoms with E-state index < -0.39 is 0 Å². The molecule has 3 nitrogen and oxygen atoms in total. The van der Waals surface area contributed by atoms with Gasteiger partial charge in [0.15, 0.2) is 0 Å². The van der Waals surface area contributed by atoms with E-state index in [2.05, 4.69) is 18.7 Å². The van der Waals surface area contributed by atoms with Crippen molar-refractivity contribution >= 4 is 5.78 Å². The van der Waals surface area contributed by atoms with Gasteiger partial charge in [-0.1, -0.05) is 13.8 Å². The van der Waals surface area contributed by atoms with Gasteiger partial charge in [-0.2, -0.15) is 0 Å². The first kappa shape index (κ1) is 12.7. The summed E-state index contributed by atoms with van der Waals surface area (Å²) in [6, 6.07) is 0.415. The Labute approximate surface area is 92.8 Å². The Hall–Kier alpha value is -0.410. The Morgan fingerprint density at radius 3 is 2.73 bits per heavy atom. The molecule has 3 heteroatoms. The van der Waals surface area contributed by atoms with Crippen molar-refractivity contribution in [2.24, 2.45) is 5.92 Å². The molecule has 0 aromatic rings. The highest BCUT2D eigenvalue weighted by Gasteiger charge is 2.29. The van der Waals surface area contributed by atoms with Crippen molar-refractivity contribution in [1.82, 2.24) is 4.90 Å². The van der Waals surface area contributed by atoms with Crippen molar-refractivity contribution < 1.29 is 9.53 Å². The predicted octanol–water partition coefficient (Wildman–Crippen LogP) is 1.71. The lowest BCUT2D eigenvalue weighted by Gasteiger charge is -2.26. The lowest BCUT2D eigenvalue weighted by molar-refractivity contribution is -0.124. The molecule has 0 radical (unpaired) electrons. The molecule has 88 valence electrons. The molecule has 0 amide bonds. The Bertz CT molecular complexity index is 218. The fourth-order valence-electron chi connectivity index (χ4n) is 2.05. The lowest BCUT2D eigenvalue weighted by Crippen LogP contribution is -2.41. The summed E-state index contributed by atoms with van der Waals surface area (Å²) in [5.74, 6) is 0.532. The van der Waals surface area contributed by atoms with Crippen LogP contribution in [0.4, 0.5) is 0 Å². The van der Waals surface area contributed by atoms with Gasteiger partial charge in [-0.05, 0) is 26.8 Å². The zero-order valence-electron chi connectivity index (χ0n) is 10.3. The van der Waals surface area contributed by atoms with Crippen molar-refractivity contribution in [1.29, 1.82) is 0 Å². The number of Topliss-reactive ketones (excluding diaryl/α,β-unsaturated/α-hetero) is 1. The summed E-state index contributed by atoms with van der Waals surface area (Å²) in [5, 5.41) is 0. The molecular weight excluding hydrogens is 190 g/mol. The number of ketones is 1. The highest BCUT2D eigenvalue weighted by Crippen LogP contribution is 2.18. The van der Waals surface area contributed by atoms with Gasteiger partial charge in [0.05, 0.1) is 12.6 Å². The number of carbonyl (C=O) groups is 1. The molecule has 15 heavy (non-hydrogen) atoms. The second-order valence-corrected chi connectivity index (χ2v) is 4.62. The molecule has 1 fully saturated rings. The Morgan fingerprint density at radius 1 is 1.60 bits per heavy atom. The minimum Gasteiger partial charge on any atom is -0.377 e. The summed E-state index contributed by atoms with van der Waals surface area (Å²) in [5.41, 5.74) is 0. The first-order valence-corrected chi connectivity index (χ1v) is 5.90. The number of nitrogens with zero attached hydrogens (tertiary/aromatic N) is 1. The van der Waals surface area contributed by atoms with Gasteiger partial charge >= 0.3 is 0 Å². The van der Waals surface area contributed by atoms with E-state index in [0.717, 1.165) is 19.4 Å². The van der Waals surface area contributed by atoms with Gasteiger partial charge in [-0.25, -0.2) is 0 Å². The summed E-state index contributed by atoms with van der Waals surface area (Å²) in [6.45, 7) is 7.54. The van der Waals surface area contributed by atoms with E-state index in [0.29, 0.717) is 18.4 Å². The smallest absolute Gasteiger partial charge is 0.149 e. The third-order valence-corrected chi connectivity index (χ3v) is 3.47. The quantitative estimate of drug-likeness (QED) is 0.696. The largest absolute Gasteiger partial charge is 0.377 e. The van der Waals surface area contributed by atoms with Crippen molar-refractivity contribution in [3.8, 4) is 0 Å². The number of rotatable bonds is 5. The van der Waals surface area contributed by atoms with Crippen LogP contribution in [0.15, 0.2) is 0 Å². The number of hydrogen-bond donors (Lipinski definition) is 0. The number of likely N-dealkylation sites (N-methyl/N-ethyl adjacent to an activating group) is 1. The monoisotopic (exact) mass is 213 g/mol. The van der Waals surface area contributed by atoms with Crippen molar-refractivity contribution in [3.05, 3.63) is 0 Å². The standard InChI is InChI=1S/C12H23NO2/c1-5-9(2)12(14)8-13(4)11-6-7-15-10(11)3/h9-11H,5-8H2,1-4H3. The summed E-state index contributed by atoms with van der Waals surface area (Å²) in [4.78, 5) is 13.9. The molecule has 0 aromatic heterocycles. The third-order valence-electron chi connectivity index (χ3n) is 3.47. The van der Waals surface area contributed by atoms with Crippen LogP contribution in [0.2, 0.25) is 0 Å². The van der Waals surface area contributed by atoms with Gasteiger partial charge in [-0.15, -0.1) is 0 Å². The summed E-state index contributed by atoms with van der Waals surface area (Å²) >= 11 is 0. The summed E-state index contributed by atoms with van der Waals surface area (Å²) in [6.07, 6.45) is 2.24. The molecule has 1 saturated heterocycles. The van der Waals surface area contributed by atoms with E-state index in [4.69, 9.17) is 4.74 Å². The normalized spacial score (nSPS) is 28.3. The molecule has 0 bridgehead atoms. The molecule has 0 aromatic carbocycles. The molecule has 3 unspecified atom stereocenters. The van der Waals surface area contributed by atoms with E-state index >= 15 is 0 Å². The fraction of sp³-hybridized carbons (Fsp3) is 0.917. The molecule has 1 heterocycles. The average molecular weight is 213 g/mol. The second kappa shape index (κ2) is 5.61. The number of carbonyl (C=O) groups excluding carboxylic acids is 1. The van der Waals surface area contributed by atoms with Gasteiger partial charge in [0.1, 0.15) is 5.78 Å². The van der Waals surface area contributed by atoms with Crippen LogP contribution in [0.3, 0.4) is 0 Å². The fourth-order valence-corrected chi connectivity index (χ4v) is 2.05. The van der Waals surface area contributed by atoms with E-state index in [9.17, 15) is 4.79 Å². The molecule has 3 atom stereocenters. The van der Waals surface area contributed by atoms with Crippen LogP contribution in [0, 0.1) is 5.92 Å². The van der Waals surface area contributed by atoms with Gasteiger partial charge in [0.2, 0.25) is 0 Å². The Morgan fingerprint density at radius 2 is 2.27 bits per heavy atom. The van der Waals surface area contributed by atoms with Crippen molar-refractivity contribution in [2.45, 2.75) is 45.8 Å². The zero-order valence-corrected chi connectivity index (χ0v) is 10.3. The van der Waals surface area contributed by atoms with Crippen molar-refractivity contribution in [3.63, 3.8) is 0 Å². The van der Waals surface area contributed by atoms with Gasteiger partial charge < -0.3 is 4.74 Å². The topological polar surface area (TPSA) is 29.5 Å². The van der Waals surface area contributed by atoms with Crippen LogP contribution >= 0.6 is 0 Å². The Balaban J connectivity index is 2.41. The van der Waals surface area contributed by atoms with Gasteiger partial charge in [0.25, 0.3) is 0 Å². The lowest BCUT2D eigenvalue weighted by atomic mass is 10.0. The van der Waals surface area contributed by atoms with Gasteiger partial charge in [-0.3, -0.25) is 9.69 Å². The van der Waals surface area contributed by atoms with Crippen LogP contribution in [-0.4, -0.2) is 43.0 Å². The van der Waals surface area contributed by atoms with E-state index in [1.54, 1.807) is 0 Å². The molecule has 0 N–H and O–H groups in total. The maximum Gasteiger partial charge on any atom is 0.149 e. The van der Waals surface area contributed by atoms with Crippen LogP contribution in [0.5, 0.6) is 0 Å². The molecule has 1 aliphatic rings. The molecule has 0 spiro atoms. The van der Waals surface area contributed by atoms with Crippen LogP contribution in [-0.2, 0) is 9.53 Å². The zero-order chi connectivity index (χ0) is 11.4. The second-order valence-electron chi connectivity index (χ2n) is 4.62. The van der Waals surface area contributed by atoms with E-state index in [-0.39, 0.29) is 12.0 Å². The van der Waals surface area contributed by atoms with Crippen LogP contribution in [0.25, 0.3) is 0 Å². The molecule has 0 saturated carbocycles. The first-order chi connectivity index (χ1) is 7.06. The SMILES string of the molecule is CCC(C)C(=O)CN(C)C1CCOC1C. The maximum absolute atomic E-state index is 11.8. The molecule has 1 aliphatic heterocycles. The number of ether oxygens (including phenoxy) is 1. The highest BCUT2D eigenvalue weighted by molar-refractivity contribution is 5.82. The van der Waals surface area contributed by atoms with Crippen LogP contribution < -0.4 is 0 Å². The van der Waals surface area contributed by atoms with Crippen molar-refractivity contribution in [2.75, 3.05) is 20.2 Å². The summed E-state index contributed by atoms with van der Waals surface area (Å²) in [7, 11) is 2.02. The van der Waals surface area contributed by atoms with Gasteiger partial charge in [0, 0.05) is 18.6 Å². The minimum absolute atomic E-state index is 0.185. The minimum atomic E-state index is 0.185. The number of hydrogen-bond acceptors (Lipinski definition) is 3. The predicted molar refractivity (Wildman–Crippen MR) is 60.9 cm³/mol. The van der Waals surface area contributed by atoms with Crippen LogP contribution in [0.1, 0.15) is 33.6 Å².